The third-order valence-corrected chi connectivity index (χ3v) is 3.24. The van der Waals surface area contributed by atoms with Gasteiger partial charge in [-0.15, -0.1) is 0 Å². The van der Waals surface area contributed by atoms with Gasteiger partial charge in [-0.25, -0.2) is 0 Å². The maximum Gasteiger partial charge on any atom is 0.387 e. The maximum absolute atomic E-state index is 12.1. The normalized spacial score (nSPS) is 14.0. The summed E-state index contributed by atoms with van der Waals surface area (Å²) >= 11 is 0. The second-order valence-corrected chi connectivity index (χ2v) is 4.81. The molecule has 1 N–H and O–H groups in total. The monoisotopic (exact) mass is 292 g/mol. The van der Waals surface area contributed by atoms with Gasteiger partial charge in [0.2, 0.25) is 0 Å². The highest BCUT2D eigenvalue weighted by Gasteiger charge is 2.12. The number of hydrogen-bond acceptors (Lipinski definition) is 3. The van der Waals surface area contributed by atoms with E-state index in [9.17, 15) is 8.78 Å². The molecule has 0 saturated carbocycles. The molecule has 0 radical (unpaired) electrons. The van der Waals surface area contributed by atoms with Crippen molar-refractivity contribution in [2.24, 2.45) is 0 Å². The lowest BCUT2D eigenvalue weighted by molar-refractivity contribution is -0.0498. The van der Waals surface area contributed by atoms with Crippen molar-refractivity contribution in [2.75, 3.05) is 0 Å². The van der Waals surface area contributed by atoms with Crippen LogP contribution in [-0.4, -0.2) is 11.6 Å². The molecule has 1 heterocycles. The maximum atomic E-state index is 12.1. The Kier molecular flexibility index (Phi) is 5.22. The molecule has 1 aromatic carbocycles. The van der Waals surface area contributed by atoms with E-state index >= 15 is 0 Å². The number of ether oxygens (including phenoxy) is 1. The summed E-state index contributed by atoms with van der Waals surface area (Å²) in [6.45, 7) is 1.26. The van der Waals surface area contributed by atoms with Crippen LogP contribution in [-0.2, 0) is 0 Å². The van der Waals surface area contributed by atoms with Crippen molar-refractivity contribution < 1.29 is 13.5 Å². The van der Waals surface area contributed by atoms with Gasteiger partial charge in [-0.05, 0) is 43.7 Å². The van der Waals surface area contributed by atoms with Crippen molar-refractivity contribution in [3.8, 4) is 5.75 Å². The van der Waals surface area contributed by atoms with E-state index in [1.165, 1.54) is 0 Å². The zero-order chi connectivity index (χ0) is 15.2. The van der Waals surface area contributed by atoms with Crippen molar-refractivity contribution in [3.05, 3.63) is 59.9 Å². The summed E-state index contributed by atoms with van der Waals surface area (Å²) in [6, 6.07) is 12.6. The quantitative estimate of drug-likeness (QED) is 0.870. The third-order valence-electron chi connectivity index (χ3n) is 3.24. The highest BCUT2D eigenvalue weighted by molar-refractivity contribution is 5.29. The van der Waals surface area contributed by atoms with Crippen LogP contribution in [0, 0.1) is 0 Å². The molecule has 112 valence electrons. The lowest BCUT2D eigenvalue weighted by Gasteiger charge is -2.20. The molecule has 5 heteroatoms. The summed E-state index contributed by atoms with van der Waals surface area (Å²) in [7, 11) is 0. The summed E-state index contributed by atoms with van der Waals surface area (Å²) < 4.78 is 28.5. The number of pyridine rings is 1. The van der Waals surface area contributed by atoms with Crippen LogP contribution in [0.25, 0.3) is 0 Å². The number of nitrogens with zero attached hydrogens (tertiary/aromatic N) is 1. The third kappa shape index (κ3) is 4.49. The molecule has 0 aliphatic rings. The predicted octanol–water partition coefficient (Wildman–Crippen LogP) is 4.09. The Morgan fingerprint density at radius 1 is 1.00 bits per heavy atom. The molecule has 2 atom stereocenters. The molecule has 0 spiro atoms. The number of halogens is 2. The SMILES string of the molecule is CC(NC(C)c1ccccn1)c1ccc(OC(F)F)cc1. The van der Waals surface area contributed by atoms with Gasteiger partial charge in [0, 0.05) is 18.3 Å². The van der Waals surface area contributed by atoms with Crippen molar-refractivity contribution in [1.29, 1.82) is 0 Å². The molecule has 0 aliphatic carbocycles. The molecule has 0 fully saturated rings. The van der Waals surface area contributed by atoms with E-state index in [1.54, 1.807) is 30.5 Å². The van der Waals surface area contributed by atoms with E-state index in [-0.39, 0.29) is 17.8 Å². The molecule has 0 amide bonds. The van der Waals surface area contributed by atoms with Gasteiger partial charge in [0.15, 0.2) is 0 Å². The first kappa shape index (κ1) is 15.4. The summed E-state index contributed by atoms with van der Waals surface area (Å²) in [5.74, 6) is 0.165. The van der Waals surface area contributed by atoms with Gasteiger partial charge >= 0.3 is 6.61 Å². The van der Waals surface area contributed by atoms with E-state index in [0.717, 1.165) is 11.3 Å². The predicted molar refractivity (Wildman–Crippen MR) is 77.3 cm³/mol. The fourth-order valence-corrected chi connectivity index (χ4v) is 2.13. The second kappa shape index (κ2) is 7.13. The van der Waals surface area contributed by atoms with Crippen molar-refractivity contribution >= 4 is 0 Å². The molecule has 2 rings (SSSR count). The highest BCUT2D eigenvalue weighted by atomic mass is 19.3. The number of benzene rings is 1. The zero-order valence-electron chi connectivity index (χ0n) is 12.0. The molecule has 3 nitrogen and oxygen atoms in total. The number of hydrogen-bond donors (Lipinski definition) is 1. The summed E-state index contributed by atoms with van der Waals surface area (Å²) in [5, 5.41) is 3.42. The lowest BCUT2D eigenvalue weighted by atomic mass is 10.1. The molecule has 2 unspecified atom stereocenters. The van der Waals surface area contributed by atoms with Crippen molar-refractivity contribution in [2.45, 2.75) is 32.5 Å². The number of alkyl halides is 2. The van der Waals surface area contributed by atoms with Crippen LogP contribution in [0.3, 0.4) is 0 Å². The van der Waals surface area contributed by atoms with Crippen LogP contribution in [0.2, 0.25) is 0 Å². The number of rotatable bonds is 6. The summed E-state index contributed by atoms with van der Waals surface area (Å²) in [5.41, 5.74) is 1.96. The largest absolute Gasteiger partial charge is 0.435 e. The molecule has 21 heavy (non-hydrogen) atoms. The first-order chi connectivity index (χ1) is 10.1. The van der Waals surface area contributed by atoms with Crippen LogP contribution in [0.5, 0.6) is 5.75 Å². The summed E-state index contributed by atoms with van der Waals surface area (Å²) in [6.07, 6.45) is 1.76. The number of nitrogens with one attached hydrogen (secondary N) is 1. The smallest absolute Gasteiger partial charge is 0.387 e. The van der Waals surface area contributed by atoms with Crippen LogP contribution < -0.4 is 10.1 Å². The fraction of sp³-hybridized carbons (Fsp3) is 0.312. The second-order valence-electron chi connectivity index (χ2n) is 4.81. The minimum atomic E-state index is -2.80. The standard InChI is InChI=1S/C16H18F2N2O/c1-11(20-12(2)15-5-3-4-10-19-15)13-6-8-14(9-7-13)21-16(17)18/h3-12,16,20H,1-2H3. The van der Waals surface area contributed by atoms with Gasteiger partial charge in [0.25, 0.3) is 0 Å². The molecular weight excluding hydrogens is 274 g/mol. The van der Waals surface area contributed by atoms with E-state index < -0.39 is 6.61 Å². The topological polar surface area (TPSA) is 34.2 Å². The van der Waals surface area contributed by atoms with E-state index in [1.807, 2.05) is 32.0 Å². The van der Waals surface area contributed by atoms with Gasteiger partial charge < -0.3 is 10.1 Å². The van der Waals surface area contributed by atoms with Crippen molar-refractivity contribution in [3.63, 3.8) is 0 Å². The van der Waals surface area contributed by atoms with Gasteiger partial charge in [-0.3, -0.25) is 4.98 Å². The van der Waals surface area contributed by atoms with Crippen LogP contribution in [0.4, 0.5) is 8.78 Å². The van der Waals surface area contributed by atoms with Crippen molar-refractivity contribution in [1.82, 2.24) is 10.3 Å². The van der Waals surface area contributed by atoms with Crippen LogP contribution in [0.1, 0.15) is 37.2 Å². The lowest BCUT2D eigenvalue weighted by Crippen LogP contribution is -2.23. The molecule has 2 aromatic rings. The van der Waals surface area contributed by atoms with Gasteiger partial charge in [-0.1, -0.05) is 18.2 Å². The minimum Gasteiger partial charge on any atom is -0.435 e. The first-order valence-corrected chi connectivity index (χ1v) is 6.78. The Labute approximate surface area is 123 Å². The average Bonchev–Trinajstić information content (AvgIpc) is 2.48. The Morgan fingerprint density at radius 2 is 1.71 bits per heavy atom. The van der Waals surface area contributed by atoms with Gasteiger partial charge in [-0.2, -0.15) is 8.78 Å². The van der Waals surface area contributed by atoms with E-state index in [0.29, 0.717) is 0 Å². The number of aromatic nitrogens is 1. The first-order valence-electron chi connectivity index (χ1n) is 6.78. The van der Waals surface area contributed by atoms with Gasteiger partial charge in [0.05, 0.1) is 5.69 Å². The summed E-state index contributed by atoms with van der Waals surface area (Å²) in [4.78, 5) is 4.31. The fourth-order valence-electron chi connectivity index (χ4n) is 2.13. The van der Waals surface area contributed by atoms with Crippen LogP contribution in [0.15, 0.2) is 48.7 Å². The molecule has 1 aromatic heterocycles. The van der Waals surface area contributed by atoms with Gasteiger partial charge in [0.1, 0.15) is 5.75 Å². The van der Waals surface area contributed by atoms with E-state index in [4.69, 9.17) is 0 Å². The Morgan fingerprint density at radius 3 is 2.29 bits per heavy atom. The molecule has 0 bridgehead atoms. The van der Waals surface area contributed by atoms with E-state index in [2.05, 4.69) is 15.0 Å². The molecule has 0 saturated heterocycles. The van der Waals surface area contributed by atoms with Crippen LogP contribution >= 0.6 is 0 Å². The Hall–Kier alpha value is -2.01. The highest BCUT2D eigenvalue weighted by Crippen LogP contribution is 2.21. The zero-order valence-corrected chi connectivity index (χ0v) is 12.0. The Bertz CT molecular complexity index is 546. The average molecular weight is 292 g/mol. The Balaban J connectivity index is 1.98. The minimum absolute atomic E-state index is 0.0719. The molecule has 0 aliphatic heterocycles. The molecular formula is C16H18F2N2O.